The Bertz CT molecular complexity index is 1960. The molecule has 4 heterocycles. The van der Waals surface area contributed by atoms with E-state index in [-0.39, 0.29) is 52.3 Å². The molecule has 0 radical (unpaired) electrons. The smallest absolute Gasteiger partial charge is 0.291 e. The number of halogens is 1. The number of nitrogens with zero attached hydrogens (tertiary/aromatic N) is 2. The summed E-state index contributed by atoms with van der Waals surface area (Å²) in [5, 5.41) is 13.4. The highest BCUT2D eigenvalue weighted by Crippen LogP contribution is 2.25. The minimum atomic E-state index is -0.601. The van der Waals surface area contributed by atoms with Crippen LogP contribution in [0.25, 0.3) is 0 Å². The lowest BCUT2D eigenvalue weighted by atomic mass is 10.2. The molecule has 0 atom stereocenters. The third kappa shape index (κ3) is 7.81. The van der Waals surface area contributed by atoms with Gasteiger partial charge in [0.1, 0.15) is 17.1 Å². The molecule has 0 saturated heterocycles. The molecule has 0 aliphatic carbocycles. The number of aromatic amines is 4. The zero-order valence-corrected chi connectivity index (χ0v) is 27.9. The Balaban J connectivity index is 1.38. The summed E-state index contributed by atoms with van der Waals surface area (Å²) >= 11 is 2.99. The van der Waals surface area contributed by atoms with Crippen LogP contribution in [0.15, 0.2) is 34.6 Å². The summed E-state index contributed by atoms with van der Waals surface area (Å²) < 4.78 is 0.0982. The van der Waals surface area contributed by atoms with Gasteiger partial charge in [-0.05, 0) is 43.6 Å². The van der Waals surface area contributed by atoms with Gasteiger partial charge < -0.3 is 58.0 Å². The predicted molar refractivity (Wildman–Crippen MR) is 183 cm³/mol. The van der Waals surface area contributed by atoms with Crippen molar-refractivity contribution >= 4 is 74.3 Å². The molecule has 0 saturated carbocycles. The minimum Gasteiger partial charge on any atom is -0.370 e. The molecule has 13 N–H and O–H groups in total. The fourth-order valence-corrected chi connectivity index (χ4v) is 4.54. The third-order valence-electron chi connectivity index (χ3n) is 7.12. The van der Waals surface area contributed by atoms with E-state index in [1.807, 2.05) is 0 Å². The molecule has 4 aromatic heterocycles. The van der Waals surface area contributed by atoms with Gasteiger partial charge in [-0.1, -0.05) is 6.58 Å². The molecule has 4 aromatic rings. The second kappa shape index (κ2) is 14.5. The molecular formula is C29H34BrN13O5. The Morgan fingerprint density at radius 3 is 1.69 bits per heavy atom. The van der Waals surface area contributed by atoms with Crippen LogP contribution in [0, 0.1) is 27.7 Å². The molecule has 252 valence electrons. The van der Waals surface area contributed by atoms with E-state index >= 15 is 0 Å². The topological polar surface area (TPSA) is 286 Å². The lowest BCUT2D eigenvalue weighted by molar-refractivity contribution is -0.112. The molecule has 4 rings (SSSR count). The highest BCUT2D eigenvalue weighted by Gasteiger charge is 2.23. The molecule has 0 fully saturated rings. The summed E-state index contributed by atoms with van der Waals surface area (Å²) in [4.78, 5) is 82.8. The van der Waals surface area contributed by atoms with Gasteiger partial charge >= 0.3 is 0 Å². The molecule has 0 aliphatic rings. The highest BCUT2D eigenvalue weighted by atomic mass is 79.9. The molecule has 48 heavy (non-hydrogen) atoms. The number of amides is 5. The van der Waals surface area contributed by atoms with Crippen molar-refractivity contribution in [1.82, 2.24) is 30.2 Å². The van der Waals surface area contributed by atoms with Gasteiger partial charge in [0.15, 0.2) is 17.6 Å². The van der Waals surface area contributed by atoms with E-state index in [1.165, 1.54) is 18.6 Å². The summed E-state index contributed by atoms with van der Waals surface area (Å²) in [6.07, 6.45) is 4.43. The quantitative estimate of drug-likeness (QED) is 0.0445. The lowest BCUT2D eigenvalue weighted by Gasteiger charge is -2.07. The molecule has 5 amide bonds. The number of nitrogens with one attached hydrogen (secondary N) is 9. The summed E-state index contributed by atoms with van der Waals surface area (Å²) in [5.41, 5.74) is 14.1. The first-order valence-corrected chi connectivity index (χ1v) is 15.0. The molecule has 0 aromatic carbocycles. The fourth-order valence-electron chi connectivity index (χ4n) is 4.44. The van der Waals surface area contributed by atoms with Crippen molar-refractivity contribution < 1.29 is 24.0 Å². The zero-order chi connectivity index (χ0) is 35.3. The largest absolute Gasteiger partial charge is 0.370 e. The highest BCUT2D eigenvalue weighted by molar-refractivity contribution is 9.12. The molecule has 0 bridgehead atoms. The van der Waals surface area contributed by atoms with Crippen LogP contribution in [0.3, 0.4) is 0 Å². The van der Waals surface area contributed by atoms with Crippen molar-refractivity contribution in [1.29, 1.82) is 0 Å². The number of H-pyrrole nitrogens is 4. The number of imidazole rings is 1. The first kappa shape index (κ1) is 34.8. The van der Waals surface area contributed by atoms with Gasteiger partial charge in [-0.25, -0.2) is 4.98 Å². The van der Waals surface area contributed by atoms with E-state index in [2.05, 4.69) is 79.0 Å². The number of guanidine groups is 1. The number of hydrogen-bond acceptors (Lipinski definition) is 7. The van der Waals surface area contributed by atoms with Crippen molar-refractivity contribution in [3.63, 3.8) is 0 Å². The number of aryl methyl sites for hydroxylation is 1. The molecule has 0 unspecified atom stereocenters. The first-order valence-electron chi connectivity index (χ1n) is 14.2. The van der Waals surface area contributed by atoms with E-state index in [1.54, 1.807) is 27.7 Å². The Labute approximate surface area is 281 Å². The standard InChI is InChI=1S/C29H34BrN13O5/c1-11-16(8-35-19(11)25(45)33-6-7-34-29(31)32)39-26(46)20-12(2)17(9-36-20)40-27(47)21-13(3)18(10-37-21)41-28(48)23-38-15(5)22(42-23)43-24(44)14(4)30/h8-10,35-37H,4,6-7H2,1-3,5H3,(H,33,45)(H,38,42)(H,39,46)(H,40,47)(H,41,48)(H,43,44)(H4,31,32,34). The number of hydrogen-bond donors (Lipinski definition) is 11. The first-order chi connectivity index (χ1) is 22.7. The van der Waals surface area contributed by atoms with Crippen molar-refractivity contribution in [2.24, 2.45) is 16.5 Å². The van der Waals surface area contributed by atoms with Crippen LogP contribution in [0.2, 0.25) is 0 Å². The second-order valence-electron chi connectivity index (χ2n) is 10.4. The van der Waals surface area contributed by atoms with Gasteiger partial charge in [0, 0.05) is 41.8 Å². The van der Waals surface area contributed by atoms with Crippen LogP contribution < -0.4 is 38.1 Å². The van der Waals surface area contributed by atoms with E-state index < -0.39 is 29.5 Å². The molecule has 18 nitrogen and oxygen atoms in total. The van der Waals surface area contributed by atoms with Crippen LogP contribution >= 0.6 is 15.9 Å². The predicted octanol–water partition coefficient (Wildman–Crippen LogP) is 2.23. The van der Waals surface area contributed by atoms with Gasteiger partial charge in [0.25, 0.3) is 29.5 Å². The number of aromatic nitrogens is 5. The Kier molecular flexibility index (Phi) is 10.5. The van der Waals surface area contributed by atoms with E-state index in [0.29, 0.717) is 39.4 Å². The maximum atomic E-state index is 13.2. The van der Waals surface area contributed by atoms with E-state index in [9.17, 15) is 24.0 Å². The molecule has 0 spiro atoms. The van der Waals surface area contributed by atoms with Gasteiger partial charge in [-0.2, -0.15) is 0 Å². The Morgan fingerprint density at radius 2 is 1.23 bits per heavy atom. The third-order valence-corrected chi connectivity index (χ3v) is 7.48. The average molecular weight is 725 g/mol. The molecule has 0 aliphatic heterocycles. The number of rotatable bonds is 12. The van der Waals surface area contributed by atoms with Gasteiger partial charge in [-0.15, -0.1) is 0 Å². The normalized spacial score (nSPS) is 10.6. The van der Waals surface area contributed by atoms with Gasteiger partial charge in [-0.3, -0.25) is 29.0 Å². The Hall–Kier alpha value is -6.11. The summed E-state index contributed by atoms with van der Waals surface area (Å²) in [6, 6.07) is 0. The average Bonchev–Trinajstić information content (AvgIpc) is 3.78. The van der Waals surface area contributed by atoms with Crippen molar-refractivity contribution in [2.45, 2.75) is 27.7 Å². The lowest BCUT2D eigenvalue weighted by Crippen LogP contribution is -2.29. The van der Waals surface area contributed by atoms with Crippen LogP contribution in [0.4, 0.5) is 22.9 Å². The molecule has 19 heteroatoms. The van der Waals surface area contributed by atoms with Gasteiger partial charge in [0.2, 0.25) is 0 Å². The van der Waals surface area contributed by atoms with Crippen molar-refractivity contribution in [3.05, 3.63) is 74.9 Å². The molecular weight excluding hydrogens is 690 g/mol. The maximum absolute atomic E-state index is 13.2. The number of carbonyl (C=O) groups excluding carboxylic acids is 5. The number of anilines is 4. The van der Waals surface area contributed by atoms with Crippen molar-refractivity contribution in [3.8, 4) is 0 Å². The van der Waals surface area contributed by atoms with E-state index in [4.69, 9.17) is 11.5 Å². The zero-order valence-electron chi connectivity index (χ0n) is 26.3. The monoisotopic (exact) mass is 723 g/mol. The minimum absolute atomic E-state index is 0.0582. The summed E-state index contributed by atoms with van der Waals surface area (Å²) in [7, 11) is 0. The van der Waals surface area contributed by atoms with Crippen LogP contribution in [-0.2, 0) is 4.79 Å². The van der Waals surface area contributed by atoms with Crippen LogP contribution in [0.1, 0.15) is 64.5 Å². The Morgan fingerprint density at radius 1 is 0.771 bits per heavy atom. The SMILES string of the molecule is C=C(Br)C(=O)Nc1nc(C(=O)Nc2c[nH]c(C(=O)Nc3c[nH]c(C(=O)Nc4c[nH]c(C(=O)NCCN=C(N)N)c4C)c3C)c2C)[nH]c1C. The van der Waals surface area contributed by atoms with Gasteiger partial charge in [0.05, 0.1) is 33.8 Å². The number of aliphatic imine (C=N–C) groups is 1. The van der Waals surface area contributed by atoms with Crippen LogP contribution in [-0.4, -0.2) is 73.5 Å². The summed E-state index contributed by atoms with van der Waals surface area (Å²) in [5.74, 6) is -2.49. The fraction of sp³-hybridized carbons (Fsp3) is 0.207. The van der Waals surface area contributed by atoms with E-state index in [0.717, 1.165) is 0 Å². The number of nitrogens with two attached hydrogens (primary N) is 2. The van der Waals surface area contributed by atoms with Crippen molar-refractivity contribution in [2.75, 3.05) is 34.4 Å². The number of carbonyl (C=O) groups is 5. The second-order valence-corrected chi connectivity index (χ2v) is 11.4. The summed E-state index contributed by atoms with van der Waals surface area (Å²) in [6.45, 7) is 10.5. The van der Waals surface area contributed by atoms with Crippen LogP contribution in [0.5, 0.6) is 0 Å². The maximum Gasteiger partial charge on any atom is 0.291 e.